The van der Waals surface area contributed by atoms with Crippen LogP contribution in [-0.4, -0.2) is 15.6 Å². The van der Waals surface area contributed by atoms with Crippen molar-refractivity contribution < 1.29 is 4.79 Å². The van der Waals surface area contributed by atoms with Crippen molar-refractivity contribution in [2.24, 2.45) is 13.0 Å². The maximum Gasteiger partial charge on any atom is 0.156 e. The Balaban J connectivity index is 3.06. The fraction of sp³-hybridized carbons (Fsp3) is 0.455. The Morgan fingerprint density at radius 2 is 2.21 bits per heavy atom. The monoisotopic (exact) mass is 192 g/mol. The Labute approximate surface area is 84.4 Å². The summed E-state index contributed by atoms with van der Waals surface area (Å²) in [5.41, 5.74) is 1.80. The lowest BCUT2D eigenvalue weighted by atomic mass is 9.99. The number of aryl methyl sites for hydroxylation is 1. The molecular weight excluding hydrogens is 176 g/mol. The summed E-state index contributed by atoms with van der Waals surface area (Å²) < 4.78 is 1.76. The van der Waals surface area contributed by atoms with Gasteiger partial charge in [0.25, 0.3) is 0 Å². The molecule has 0 unspecified atom stereocenters. The minimum Gasteiger partial charge on any atom is -0.295 e. The first-order valence-corrected chi connectivity index (χ1v) is 4.73. The number of carbonyl (C=O) groups is 1. The first-order valence-electron chi connectivity index (χ1n) is 4.73. The third-order valence-corrected chi connectivity index (χ3v) is 2.19. The number of carbonyl (C=O) groups excluding carboxylic acids is 1. The van der Waals surface area contributed by atoms with Crippen molar-refractivity contribution in [1.82, 2.24) is 9.78 Å². The summed E-state index contributed by atoms with van der Waals surface area (Å²) in [7, 11) is 1.86. The zero-order valence-electron chi connectivity index (χ0n) is 9.11. The van der Waals surface area contributed by atoms with Gasteiger partial charge in [0.1, 0.15) is 0 Å². The van der Waals surface area contributed by atoms with Crippen LogP contribution in [-0.2, 0) is 11.8 Å². The zero-order valence-corrected chi connectivity index (χ0v) is 9.11. The molecule has 76 valence electrons. The number of ketones is 1. The van der Waals surface area contributed by atoms with E-state index in [4.69, 9.17) is 0 Å². The van der Waals surface area contributed by atoms with Crippen LogP contribution in [0.5, 0.6) is 0 Å². The Kier molecular flexibility index (Phi) is 3.23. The molecule has 0 aromatic carbocycles. The third kappa shape index (κ3) is 2.31. The van der Waals surface area contributed by atoms with Crippen LogP contribution in [0.3, 0.4) is 0 Å². The van der Waals surface area contributed by atoms with Crippen molar-refractivity contribution in [2.45, 2.75) is 20.8 Å². The number of allylic oxidation sites excluding steroid dienone is 1. The highest BCUT2D eigenvalue weighted by Gasteiger charge is 2.09. The maximum atomic E-state index is 11.3. The summed E-state index contributed by atoms with van der Waals surface area (Å²) in [6, 6.07) is 1.89. The summed E-state index contributed by atoms with van der Waals surface area (Å²) in [4.78, 5) is 11.3. The topological polar surface area (TPSA) is 34.9 Å². The average molecular weight is 192 g/mol. The fourth-order valence-corrected chi connectivity index (χ4v) is 1.36. The molecule has 0 amide bonds. The molecule has 3 heteroatoms. The highest BCUT2D eigenvalue weighted by atomic mass is 16.1. The van der Waals surface area contributed by atoms with Crippen molar-refractivity contribution in [1.29, 1.82) is 0 Å². The molecule has 0 saturated carbocycles. The second kappa shape index (κ2) is 4.22. The lowest BCUT2D eigenvalue weighted by molar-refractivity contribution is -0.113. The van der Waals surface area contributed by atoms with Gasteiger partial charge in [-0.1, -0.05) is 13.8 Å². The van der Waals surface area contributed by atoms with E-state index in [9.17, 15) is 4.79 Å². The third-order valence-electron chi connectivity index (χ3n) is 2.19. The summed E-state index contributed by atoms with van der Waals surface area (Å²) in [5.74, 6) is 0.378. The minimum atomic E-state index is 0.126. The lowest BCUT2D eigenvalue weighted by Gasteiger charge is -2.07. The number of hydrogen-bond donors (Lipinski definition) is 0. The number of rotatable bonds is 3. The molecule has 0 N–H and O–H groups in total. The van der Waals surface area contributed by atoms with E-state index in [1.807, 2.05) is 33.0 Å². The van der Waals surface area contributed by atoms with Crippen LogP contribution in [0.25, 0.3) is 6.08 Å². The predicted octanol–water partition coefficient (Wildman–Crippen LogP) is 2.05. The summed E-state index contributed by atoms with van der Waals surface area (Å²) in [6.07, 6.45) is 3.63. The minimum absolute atomic E-state index is 0.126. The molecule has 0 atom stereocenters. The lowest BCUT2D eigenvalue weighted by Crippen LogP contribution is -2.05. The first-order chi connectivity index (χ1) is 6.52. The molecule has 3 nitrogen and oxygen atoms in total. The van der Waals surface area contributed by atoms with Crippen molar-refractivity contribution in [3.05, 3.63) is 23.5 Å². The molecule has 0 aliphatic heterocycles. The predicted molar refractivity (Wildman–Crippen MR) is 56.7 cm³/mol. The molecule has 1 rings (SSSR count). The molecule has 14 heavy (non-hydrogen) atoms. The van der Waals surface area contributed by atoms with Gasteiger partial charge in [-0.3, -0.25) is 9.48 Å². The van der Waals surface area contributed by atoms with E-state index in [2.05, 4.69) is 5.10 Å². The molecule has 0 spiro atoms. The van der Waals surface area contributed by atoms with Gasteiger partial charge in [-0.05, 0) is 30.6 Å². The van der Waals surface area contributed by atoms with Crippen LogP contribution in [0.4, 0.5) is 0 Å². The Morgan fingerprint density at radius 3 is 2.57 bits per heavy atom. The van der Waals surface area contributed by atoms with Crippen LogP contribution in [0, 0.1) is 5.92 Å². The van der Waals surface area contributed by atoms with Gasteiger partial charge in [0.15, 0.2) is 5.78 Å². The number of hydrogen-bond acceptors (Lipinski definition) is 2. The second-order valence-electron chi connectivity index (χ2n) is 3.69. The number of aromatic nitrogens is 2. The molecular formula is C11H16N2O. The van der Waals surface area contributed by atoms with Crippen LogP contribution >= 0.6 is 0 Å². The van der Waals surface area contributed by atoms with Crippen molar-refractivity contribution in [3.63, 3.8) is 0 Å². The van der Waals surface area contributed by atoms with Gasteiger partial charge in [-0.15, -0.1) is 0 Å². The van der Waals surface area contributed by atoms with E-state index in [0.29, 0.717) is 0 Å². The molecule has 0 fully saturated rings. The van der Waals surface area contributed by atoms with Crippen LogP contribution < -0.4 is 0 Å². The molecule has 1 heterocycles. The standard InChI is InChI=1S/C11H16N2O/c1-8(2)11(9(3)14)7-10-5-6-12-13(10)4/h5-8H,1-4H3/b11-7+. The van der Waals surface area contributed by atoms with Gasteiger partial charge in [-0.25, -0.2) is 0 Å². The largest absolute Gasteiger partial charge is 0.295 e. The summed E-state index contributed by atoms with van der Waals surface area (Å²) in [5, 5.41) is 4.05. The highest BCUT2D eigenvalue weighted by molar-refractivity contribution is 5.97. The van der Waals surface area contributed by atoms with Crippen molar-refractivity contribution >= 4 is 11.9 Å². The average Bonchev–Trinajstić information content (AvgIpc) is 2.46. The Bertz CT molecular complexity index is 361. The SMILES string of the molecule is CC(=O)/C(=C/c1ccnn1C)C(C)C. The van der Waals surface area contributed by atoms with Gasteiger partial charge >= 0.3 is 0 Å². The van der Waals surface area contributed by atoms with E-state index in [1.54, 1.807) is 17.8 Å². The molecule has 0 radical (unpaired) electrons. The molecule has 1 aromatic rings. The van der Waals surface area contributed by atoms with E-state index in [1.165, 1.54) is 0 Å². The van der Waals surface area contributed by atoms with Crippen LogP contribution in [0.1, 0.15) is 26.5 Å². The Hall–Kier alpha value is -1.38. The zero-order chi connectivity index (χ0) is 10.7. The van der Waals surface area contributed by atoms with Crippen molar-refractivity contribution in [3.8, 4) is 0 Å². The molecule has 0 bridgehead atoms. The van der Waals surface area contributed by atoms with Gasteiger partial charge in [-0.2, -0.15) is 5.10 Å². The van der Waals surface area contributed by atoms with E-state index < -0.39 is 0 Å². The normalized spacial score (nSPS) is 12.2. The van der Waals surface area contributed by atoms with E-state index in [0.717, 1.165) is 11.3 Å². The first kappa shape index (κ1) is 10.7. The quantitative estimate of drug-likeness (QED) is 0.687. The van der Waals surface area contributed by atoms with E-state index >= 15 is 0 Å². The Morgan fingerprint density at radius 1 is 1.57 bits per heavy atom. The van der Waals surface area contributed by atoms with E-state index in [-0.39, 0.29) is 11.7 Å². The second-order valence-corrected chi connectivity index (χ2v) is 3.69. The van der Waals surface area contributed by atoms with Gasteiger partial charge < -0.3 is 0 Å². The van der Waals surface area contributed by atoms with Crippen LogP contribution in [0.2, 0.25) is 0 Å². The number of nitrogens with zero attached hydrogens (tertiary/aromatic N) is 2. The fourth-order valence-electron chi connectivity index (χ4n) is 1.36. The highest BCUT2D eigenvalue weighted by Crippen LogP contribution is 2.14. The van der Waals surface area contributed by atoms with Gasteiger partial charge in [0.2, 0.25) is 0 Å². The van der Waals surface area contributed by atoms with Gasteiger partial charge in [0, 0.05) is 13.2 Å². The smallest absolute Gasteiger partial charge is 0.156 e. The van der Waals surface area contributed by atoms with Gasteiger partial charge in [0.05, 0.1) is 5.69 Å². The molecule has 0 saturated heterocycles. The maximum absolute atomic E-state index is 11.3. The molecule has 0 aliphatic carbocycles. The molecule has 1 aromatic heterocycles. The van der Waals surface area contributed by atoms with Crippen molar-refractivity contribution in [2.75, 3.05) is 0 Å². The van der Waals surface area contributed by atoms with Crippen LogP contribution in [0.15, 0.2) is 17.8 Å². The number of Topliss-reactive ketones (excluding diaryl/α,β-unsaturated/α-hetero) is 1. The molecule has 0 aliphatic rings. The summed E-state index contributed by atoms with van der Waals surface area (Å²) >= 11 is 0. The summed E-state index contributed by atoms with van der Waals surface area (Å²) in [6.45, 7) is 5.63.